The second kappa shape index (κ2) is 13.8. The van der Waals surface area contributed by atoms with Crippen molar-refractivity contribution in [2.24, 2.45) is 0 Å². The van der Waals surface area contributed by atoms with Gasteiger partial charge in [0.05, 0.1) is 11.9 Å². The molecule has 1 N–H and O–H groups in total. The number of carbonyl (C=O) groups is 2. The fourth-order valence-corrected chi connectivity index (χ4v) is 4.94. The molecule has 0 aromatic heterocycles. The van der Waals surface area contributed by atoms with Crippen molar-refractivity contribution in [1.82, 2.24) is 10.2 Å². The van der Waals surface area contributed by atoms with Crippen LogP contribution in [0.1, 0.15) is 30.9 Å². The van der Waals surface area contributed by atoms with Crippen LogP contribution in [-0.4, -0.2) is 50.5 Å². The highest BCUT2D eigenvalue weighted by Gasteiger charge is 2.33. The summed E-state index contributed by atoms with van der Waals surface area (Å²) in [4.78, 5) is 28.7. The summed E-state index contributed by atoms with van der Waals surface area (Å²) in [6.45, 7) is 1.76. The van der Waals surface area contributed by atoms with Crippen LogP contribution in [0, 0.1) is 11.6 Å². The zero-order chi connectivity index (χ0) is 28.4. The Labute approximate surface area is 228 Å². The standard InChI is InChI=1S/C29H33F2N3O4S/c1-3-4-17-32-29(36)27(18-22-11-7-5-8-12-22)33(20-23-13-9-6-10-14-23)28(35)21-34(39(2,37)38)24-15-16-25(30)26(31)19-24/h5-16,19,27H,3-4,17-18,20-21H2,1-2H3,(H,32,36)/t27-/m1/s1. The van der Waals surface area contributed by atoms with Gasteiger partial charge in [-0.2, -0.15) is 0 Å². The molecule has 2 amide bonds. The van der Waals surface area contributed by atoms with E-state index in [2.05, 4.69) is 5.32 Å². The summed E-state index contributed by atoms with van der Waals surface area (Å²) in [5.41, 5.74) is 1.36. The van der Waals surface area contributed by atoms with Gasteiger partial charge in [0.2, 0.25) is 21.8 Å². The van der Waals surface area contributed by atoms with E-state index in [9.17, 15) is 26.8 Å². The van der Waals surface area contributed by atoms with Crippen LogP contribution >= 0.6 is 0 Å². The fraction of sp³-hybridized carbons (Fsp3) is 0.310. The van der Waals surface area contributed by atoms with E-state index in [1.54, 1.807) is 24.3 Å². The molecule has 0 unspecified atom stereocenters. The van der Waals surface area contributed by atoms with Gasteiger partial charge >= 0.3 is 0 Å². The third-order valence-corrected chi connectivity index (χ3v) is 7.31. The van der Waals surface area contributed by atoms with Crippen molar-refractivity contribution < 1.29 is 26.8 Å². The second-order valence-electron chi connectivity index (χ2n) is 9.23. The van der Waals surface area contributed by atoms with E-state index in [1.807, 2.05) is 43.3 Å². The van der Waals surface area contributed by atoms with Gasteiger partial charge in [-0.3, -0.25) is 13.9 Å². The molecule has 10 heteroatoms. The number of carbonyl (C=O) groups excluding carboxylic acids is 2. The Kier molecular flexibility index (Phi) is 10.6. The summed E-state index contributed by atoms with van der Waals surface area (Å²) in [7, 11) is -4.08. The smallest absolute Gasteiger partial charge is 0.244 e. The molecule has 208 valence electrons. The first kappa shape index (κ1) is 29.8. The Morgan fingerprint density at radius 2 is 1.51 bits per heavy atom. The zero-order valence-electron chi connectivity index (χ0n) is 22.0. The number of halogens is 2. The summed E-state index contributed by atoms with van der Waals surface area (Å²) >= 11 is 0. The lowest BCUT2D eigenvalue weighted by Crippen LogP contribution is -2.53. The molecule has 0 heterocycles. The van der Waals surface area contributed by atoms with Crippen molar-refractivity contribution in [3.63, 3.8) is 0 Å². The number of unbranched alkanes of at least 4 members (excludes halogenated alkanes) is 1. The van der Waals surface area contributed by atoms with Gasteiger partial charge in [-0.15, -0.1) is 0 Å². The van der Waals surface area contributed by atoms with Crippen LogP contribution in [0.4, 0.5) is 14.5 Å². The van der Waals surface area contributed by atoms with Crippen LogP contribution in [0.3, 0.4) is 0 Å². The molecule has 39 heavy (non-hydrogen) atoms. The lowest BCUT2D eigenvalue weighted by molar-refractivity contribution is -0.140. The minimum atomic E-state index is -4.08. The summed E-state index contributed by atoms with van der Waals surface area (Å²) in [5, 5.41) is 2.90. The minimum absolute atomic E-state index is 0.0355. The predicted octanol–water partition coefficient (Wildman–Crippen LogP) is 4.29. The van der Waals surface area contributed by atoms with Gasteiger partial charge in [0.25, 0.3) is 0 Å². The highest BCUT2D eigenvalue weighted by molar-refractivity contribution is 7.92. The van der Waals surface area contributed by atoms with Crippen LogP contribution in [-0.2, 0) is 32.6 Å². The monoisotopic (exact) mass is 557 g/mol. The van der Waals surface area contributed by atoms with Crippen LogP contribution < -0.4 is 9.62 Å². The van der Waals surface area contributed by atoms with E-state index in [4.69, 9.17) is 0 Å². The Hall–Kier alpha value is -3.79. The van der Waals surface area contributed by atoms with Gasteiger partial charge in [0.15, 0.2) is 11.6 Å². The van der Waals surface area contributed by atoms with E-state index in [0.717, 1.165) is 48.4 Å². The molecule has 3 aromatic carbocycles. The molecular formula is C29H33F2N3O4S. The number of sulfonamides is 1. The predicted molar refractivity (Wildman–Crippen MR) is 147 cm³/mol. The van der Waals surface area contributed by atoms with Gasteiger partial charge < -0.3 is 10.2 Å². The normalized spacial score (nSPS) is 12.0. The molecule has 3 rings (SSSR count). The second-order valence-corrected chi connectivity index (χ2v) is 11.1. The number of hydrogen-bond acceptors (Lipinski definition) is 4. The molecule has 0 aliphatic heterocycles. The van der Waals surface area contributed by atoms with Gasteiger partial charge in [0.1, 0.15) is 12.6 Å². The molecule has 1 atom stereocenters. The summed E-state index contributed by atoms with van der Waals surface area (Å²) in [6.07, 6.45) is 2.70. The molecule has 7 nitrogen and oxygen atoms in total. The Morgan fingerprint density at radius 1 is 0.897 bits per heavy atom. The maximum absolute atomic E-state index is 14.0. The molecule has 0 aliphatic rings. The molecule has 0 bridgehead atoms. The molecule has 0 saturated carbocycles. The first-order chi connectivity index (χ1) is 18.6. The summed E-state index contributed by atoms with van der Waals surface area (Å²) < 4.78 is 53.6. The third kappa shape index (κ3) is 8.61. The van der Waals surface area contributed by atoms with Crippen molar-refractivity contribution in [1.29, 1.82) is 0 Å². The average molecular weight is 558 g/mol. The van der Waals surface area contributed by atoms with Crippen molar-refractivity contribution >= 4 is 27.5 Å². The lowest BCUT2D eigenvalue weighted by Gasteiger charge is -2.33. The van der Waals surface area contributed by atoms with Gasteiger partial charge in [0, 0.05) is 25.6 Å². The average Bonchev–Trinajstić information content (AvgIpc) is 2.91. The highest BCUT2D eigenvalue weighted by atomic mass is 32.2. The van der Waals surface area contributed by atoms with Crippen molar-refractivity contribution in [3.05, 3.63) is 102 Å². The fourth-order valence-electron chi connectivity index (χ4n) is 4.09. The largest absolute Gasteiger partial charge is 0.354 e. The van der Waals surface area contributed by atoms with Gasteiger partial charge in [-0.25, -0.2) is 17.2 Å². The molecule has 0 saturated heterocycles. The van der Waals surface area contributed by atoms with Crippen molar-refractivity contribution in [3.8, 4) is 0 Å². The number of nitrogens with one attached hydrogen (secondary N) is 1. The maximum Gasteiger partial charge on any atom is 0.244 e. The minimum Gasteiger partial charge on any atom is -0.354 e. The number of hydrogen-bond donors (Lipinski definition) is 1. The topological polar surface area (TPSA) is 86.8 Å². The van der Waals surface area contributed by atoms with Crippen molar-refractivity contribution in [2.45, 2.75) is 38.8 Å². The molecule has 3 aromatic rings. The van der Waals surface area contributed by atoms with E-state index >= 15 is 0 Å². The van der Waals surface area contributed by atoms with E-state index in [1.165, 1.54) is 4.90 Å². The first-order valence-corrected chi connectivity index (χ1v) is 14.5. The number of amides is 2. The van der Waals surface area contributed by atoms with Crippen LogP contribution in [0.5, 0.6) is 0 Å². The van der Waals surface area contributed by atoms with Crippen LogP contribution in [0.25, 0.3) is 0 Å². The van der Waals surface area contributed by atoms with Gasteiger partial charge in [-0.1, -0.05) is 74.0 Å². The number of anilines is 1. The molecule has 0 fully saturated rings. The highest BCUT2D eigenvalue weighted by Crippen LogP contribution is 2.22. The van der Waals surface area contributed by atoms with E-state index in [0.29, 0.717) is 10.8 Å². The van der Waals surface area contributed by atoms with Crippen LogP contribution in [0.2, 0.25) is 0 Å². The van der Waals surface area contributed by atoms with E-state index < -0.39 is 40.2 Å². The quantitative estimate of drug-likeness (QED) is 0.318. The maximum atomic E-state index is 14.0. The van der Waals surface area contributed by atoms with Gasteiger partial charge in [-0.05, 0) is 29.7 Å². The van der Waals surface area contributed by atoms with E-state index in [-0.39, 0.29) is 24.6 Å². The Morgan fingerprint density at radius 3 is 2.08 bits per heavy atom. The molecule has 0 aliphatic carbocycles. The summed E-state index contributed by atoms with van der Waals surface area (Å²) in [5.74, 6) is -3.42. The number of benzene rings is 3. The SMILES string of the molecule is CCCCNC(=O)[C@@H](Cc1ccccc1)N(Cc1ccccc1)C(=O)CN(c1ccc(F)c(F)c1)S(C)(=O)=O. The van der Waals surface area contributed by atoms with Crippen molar-refractivity contribution in [2.75, 3.05) is 23.7 Å². The number of rotatable bonds is 13. The Bertz CT molecular complexity index is 1360. The molecule has 0 radical (unpaired) electrons. The molecular weight excluding hydrogens is 524 g/mol. The Balaban J connectivity index is 2.02. The molecule has 0 spiro atoms. The number of nitrogens with zero attached hydrogens (tertiary/aromatic N) is 2. The first-order valence-electron chi connectivity index (χ1n) is 12.7. The summed E-state index contributed by atoms with van der Waals surface area (Å²) in [6, 6.07) is 19.9. The lowest BCUT2D eigenvalue weighted by atomic mass is 10.0. The van der Waals surface area contributed by atoms with Crippen LogP contribution in [0.15, 0.2) is 78.9 Å². The zero-order valence-corrected chi connectivity index (χ0v) is 22.8. The third-order valence-electron chi connectivity index (χ3n) is 6.17.